The molecule has 1 N–H and O–H groups in total. The van der Waals surface area contributed by atoms with E-state index >= 15 is 0 Å². The number of pyridine rings is 1. The summed E-state index contributed by atoms with van der Waals surface area (Å²) in [6, 6.07) is 8.54. The monoisotopic (exact) mass is 376 g/mol. The van der Waals surface area contributed by atoms with Crippen molar-refractivity contribution in [1.29, 1.82) is 0 Å². The number of rotatable bonds is 5. The van der Waals surface area contributed by atoms with E-state index in [4.69, 9.17) is 0 Å². The van der Waals surface area contributed by atoms with Crippen LogP contribution in [0.2, 0.25) is 0 Å². The Morgan fingerprint density at radius 1 is 1.11 bits per heavy atom. The summed E-state index contributed by atoms with van der Waals surface area (Å²) < 4.78 is 0. The smallest absolute Gasteiger partial charge is 0.150 e. The summed E-state index contributed by atoms with van der Waals surface area (Å²) in [5, 5.41) is 3.43. The molecule has 1 aromatic carbocycles. The molecule has 146 valence electrons. The lowest BCUT2D eigenvalue weighted by molar-refractivity contribution is -0.103. The SMILES string of the molecule is CCC1=C(C=O)c2cc(-c3cncc(CN4CCN(C)CC4)c3)ccc2NC1. The summed E-state index contributed by atoms with van der Waals surface area (Å²) in [5.41, 5.74) is 7.47. The lowest BCUT2D eigenvalue weighted by Crippen LogP contribution is -2.43. The molecule has 0 amide bonds. The Morgan fingerprint density at radius 3 is 2.68 bits per heavy atom. The molecule has 2 aliphatic heterocycles. The highest BCUT2D eigenvalue weighted by Crippen LogP contribution is 2.34. The van der Waals surface area contributed by atoms with Crippen molar-refractivity contribution in [3.05, 3.63) is 53.4 Å². The van der Waals surface area contributed by atoms with Crippen molar-refractivity contribution in [1.82, 2.24) is 14.8 Å². The van der Waals surface area contributed by atoms with Gasteiger partial charge in [0.2, 0.25) is 0 Å². The average Bonchev–Trinajstić information content (AvgIpc) is 2.74. The number of fused-ring (bicyclic) bond motifs is 1. The molecule has 5 nitrogen and oxygen atoms in total. The summed E-state index contributed by atoms with van der Waals surface area (Å²) in [6.45, 7) is 8.20. The lowest BCUT2D eigenvalue weighted by atomic mass is 9.91. The number of anilines is 1. The fourth-order valence-electron chi connectivity index (χ4n) is 4.05. The van der Waals surface area contributed by atoms with Gasteiger partial charge in [-0.05, 0) is 48.4 Å². The van der Waals surface area contributed by atoms with E-state index in [1.807, 2.05) is 12.4 Å². The zero-order valence-electron chi connectivity index (χ0n) is 16.7. The Bertz CT molecular complexity index is 897. The van der Waals surface area contributed by atoms with E-state index in [1.54, 1.807) is 0 Å². The first kappa shape index (κ1) is 18.8. The number of carbonyl (C=O) groups is 1. The maximum atomic E-state index is 11.7. The van der Waals surface area contributed by atoms with Crippen LogP contribution in [0.1, 0.15) is 24.5 Å². The second-order valence-electron chi connectivity index (χ2n) is 7.76. The highest BCUT2D eigenvalue weighted by molar-refractivity contribution is 6.12. The molecule has 4 rings (SSSR count). The van der Waals surface area contributed by atoms with E-state index in [2.05, 4.69) is 58.3 Å². The summed E-state index contributed by atoms with van der Waals surface area (Å²) in [5.74, 6) is 0. The van der Waals surface area contributed by atoms with Crippen LogP contribution in [-0.4, -0.2) is 60.8 Å². The van der Waals surface area contributed by atoms with Crippen molar-refractivity contribution in [3.8, 4) is 11.1 Å². The largest absolute Gasteiger partial charge is 0.381 e. The number of hydrogen-bond donors (Lipinski definition) is 1. The van der Waals surface area contributed by atoms with Crippen molar-refractivity contribution in [2.45, 2.75) is 19.9 Å². The van der Waals surface area contributed by atoms with Gasteiger partial charge in [0.05, 0.1) is 0 Å². The molecule has 0 aliphatic carbocycles. The van der Waals surface area contributed by atoms with Crippen LogP contribution in [0, 0.1) is 0 Å². The first-order chi connectivity index (χ1) is 13.7. The molecule has 1 fully saturated rings. The quantitative estimate of drug-likeness (QED) is 0.812. The molecule has 0 radical (unpaired) electrons. The van der Waals surface area contributed by atoms with E-state index in [0.717, 1.165) is 79.9 Å². The van der Waals surface area contributed by atoms with Crippen molar-refractivity contribution in [2.75, 3.05) is 45.1 Å². The van der Waals surface area contributed by atoms with Crippen molar-refractivity contribution in [2.24, 2.45) is 0 Å². The summed E-state index contributed by atoms with van der Waals surface area (Å²) in [7, 11) is 2.18. The molecule has 0 atom stereocenters. The Morgan fingerprint density at radius 2 is 1.93 bits per heavy atom. The predicted molar refractivity (Wildman–Crippen MR) is 114 cm³/mol. The highest BCUT2D eigenvalue weighted by Gasteiger charge is 2.18. The molecule has 0 saturated carbocycles. The van der Waals surface area contributed by atoms with Crippen LogP contribution in [-0.2, 0) is 11.3 Å². The van der Waals surface area contributed by atoms with E-state index in [0.29, 0.717) is 0 Å². The fourth-order valence-corrected chi connectivity index (χ4v) is 4.05. The van der Waals surface area contributed by atoms with E-state index in [-0.39, 0.29) is 0 Å². The summed E-state index contributed by atoms with van der Waals surface area (Å²) in [6.07, 6.45) is 5.77. The maximum Gasteiger partial charge on any atom is 0.150 e. The fraction of sp³-hybridized carbons (Fsp3) is 0.391. The van der Waals surface area contributed by atoms with Crippen molar-refractivity contribution in [3.63, 3.8) is 0 Å². The van der Waals surface area contributed by atoms with Gasteiger partial charge in [0, 0.05) is 74.0 Å². The number of aldehydes is 1. The number of benzene rings is 1. The second-order valence-corrected chi connectivity index (χ2v) is 7.76. The van der Waals surface area contributed by atoms with Crippen LogP contribution >= 0.6 is 0 Å². The number of nitrogens with one attached hydrogen (secondary N) is 1. The van der Waals surface area contributed by atoms with Crippen LogP contribution in [0.15, 0.2) is 42.2 Å². The number of likely N-dealkylation sites (N-methyl/N-ethyl adjacent to an activating group) is 1. The lowest BCUT2D eigenvalue weighted by Gasteiger charge is -2.32. The Labute approximate surface area is 167 Å². The van der Waals surface area contributed by atoms with Gasteiger partial charge >= 0.3 is 0 Å². The first-order valence-electron chi connectivity index (χ1n) is 10.1. The third-order valence-corrected chi connectivity index (χ3v) is 5.86. The maximum absolute atomic E-state index is 11.7. The molecular formula is C23H28N4O. The van der Waals surface area contributed by atoms with Gasteiger partial charge in [-0.2, -0.15) is 0 Å². The normalized spacial score (nSPS) is 17.9. The van der Waals surface area contributed by atoms with Crippen LogP contribution in [0.5, 0.6) is 0 Å². The third kappa shape index (κ3) is 3.86. The zero-order valence-corrected chi connectivity index (χ0v) is 16.7. The molecular weight excluding hydrogens is 348 g/mol. The molecule has 0 unspecified atom stereocenters. The summed E-state index contributed by atoms with van der Waals surface area (Å²) in [4.78, 5) is 21.1. The number of hydrogen-bond acceptors (Lipinski definition) is 5. The van der Waals surface area contributed by atoms with Crippen LogP contribution in [0.4, 0.5) is 5.69 Å². The molecule has 3 heterocycles. The molecule has 1 aromatic heterocycles. The summed E-state index contributed by atoms with van der Waals surface area (Å²) >= 11 is 0. The number of piperazine rings is 1. The van der Waals surface area contributed by atoms with Gasteiger partial charge in [-0.15, -0.1) is 0 Å². The number of carbonyl (C=O) groups excluding carboxylic acids is 1. The molecule has 5 heteroatoms. The Kier molecular flexibility index (Phi) is 5.55. The van der Waals surface area contributed by atoms with Crippen LogP contribution < -0.4 is 5.32 Å². The highest BCUT2D eigenvalue weighted by atomic mass is 16.1. The molecule has 0 bridgehead atoms. The zero-order chi connectivity index (χ0) is 19.5. The van der Waals surface area contributed by atoms with Crippen LogP contribution in [0.3, 0.4) is 0 Å². The first-order valence-corrected chi connectivity index (χ1v) is 10.1. The Balaban J connectivity index is 1.60. The standard InChI is InChI=1S/C23H28N4O/c1-3-18-14-25-23-5-4-19(11-21(23)22(18)16-28)20-10-17(12-24-13-20)15-27-8-6-26(2)7-9-27/h4-5,10-13,16,25H,3,6-9,14-15H2,1-2H3. The van der Waals surface area contributed by atoms with Crippen molar-refractivity contribution < 1.29 is 4.79 Å². The minimum absolute atomic E-state index is 0.749. The topological polar surface area (TPSA) is 48.5 Å². The van der Waals surface area contributed by atoms with Crippen molar-refractivity contribution >= 4 is 17.5 Å². The average molecular weight is 377 g/mol. The van der Waals surface area contributed by atoms with Gasteiger partial charge in [-0.1, -0.05) is 13.0 Å². The van der Waals surface area contributed by atoms with E-state index in [1.165, 1.54) is 11.1 Å². The molecule has 0 spiro atoms. The minimum atomic E-state index is 0.749. The number of allylic oxidation sites excluding steroid dienone is 1. The van der Waals surface area contributed by atoms with Gasteiger partial charge in [-0.3, -0.25) is 14.7 Å². The van der Waals surface area contributed by atoms with Crippen LogP contribution in [0.25, 0.3) is 16.7 Å². The third-order valence-electron chi connectivity index (χ3n) is 5.86. The Hall–Kier alpha value is -2.50. The van der Waals surface area contributed by atoms with E-state index in [9.17, 15) is 4.79 Å². The predicted octanol–water partition coefficient (Wildman–Crippen LogP) is 3.28. The molecule has 2 aromatic rings. The van der Waals surface area contributed by atoms with Gasteiger partial charge in [-0.25, -0.2) is 0 Å². The molecule has 28 heavy (non-hydrogen) atoms. The van der Waals surface area contributed by atoms with Gasteiger partial charge in [0.1, 0.15) is 0 Å². The molecule has 2 aliphatic rings. The van der Waals surface area contributed by atoms with Gasteiger partial charge < -0.3 is 10.2 Å². The minimum Gasteiger partial charge on any atom is -0.381 e. The van der Waals surface area contributed by atoms with E-state index < -0.39 is 0 Å². The second kappa shape index (κ2) is 8.25. The molecule has 1 saturated heterocycles. The number of aromatic nitrogens is 1. The van der Waals surface area contributed by atoms with Gasteiger partial charge in [0.25, 0.3) is 0 Å². The number of nitrogens with zero attached hydrogens (tertiary/aromatic N) is 3. The van der Waals surface area contributed by atoms with Gasteiger partial charge in [0.15, 0.2) is 6.29 Å².